The van der Waals surface area contributed by atoms with Gasteiger partial charge < -0.3 is 5.32 Å². The van der Waals surface area contributed by atoms with Crippen LogP contribution in [-0.2, 0) is 0 Å². The highest BCUT2D eigenvalue weighted by Crippen LogP contribution is 2.22. The molecule has 0 amide bonds. The van der Waals surface area contributed by atoms with Gasteiger partial charge in [-0.05, 0) is 31.9 Å². The van der Waals surface area contributed by atoms with Crippen molar-refractivity contribution in [1.29, 1.82) is 0 Å². The third-order valence-electron chi connectivity index (χ3n) is 2.33. The number of nitrogens with one attached hydrogen (secondary N) is 1. The molecule has 1 aromatic carbocycles. The molecule has 3 heteroatoms. The number of hydrogen-bond acceptors (Lipinski definition) is 2. The van der Waals surface area contributed by atoms with E-state index in [9.17, 15) is 0 Å². The van der Waals surface area contributed by atoms with E-state index in [4.69, 9.17) is 12.2 Å². The van der Waals surface area contributed by atoms with Crippen LogP contribution in [0.15, 0.2) is 30.9 Å². The predicted molar refractivity (Wildman–Crippen MR) is 79.4 cm³/mol. The lowest BCUT2D eigenvalue weighted by molar-refractivity contribution is 1.26. The maximum Gasteiger partial charge on any atom is 0.138 e. The van der Waals surface area contributed by atoms with Gasteiger partial charge >= 0.3 is 0 Å². The molecular formula is C13H17NS2. The van der Waals surface area contributed by atoms with Crippen LogP contribution >= 0.6 is 24.0 Å². The van der Waals surface area contributed by atoms with Crippen LogP contribution in [0.25, 0.3) is 0 Å². The van der Waals surface area contributed by atoms with Gasteiger partial charge in [-0.1, -0.05) is 48.3 Å². The highest BCUT2D eigenvalue weighted by atomic mass is 32.2. The summed E-state index contributed by atoms with van der Waals surface area (Å²) in [7, 11) is 0. The maximum atomic E-state index is 5.30. The third-order valence-corrected chi connectivity index (χ3v) is 3.60. The molecule has 0 fully saturated rings. The Hall–Kier alpha value is -0.800. The first kappa shape index (κ1) is 13.3. The van der Waals surface area contributed by atoms with E-state index in [1.54, 1.807) is 11.8 Å². The van der Waals surface area contributed by atoms with E-state index in [2.05, 4.69) is 50.9 Å². The van der Waals surface area contributed by atoms with Crippen LogP contribution in [0.3, 0.4) is 0 Å². The van der Waals surface area contributed by atoms with Gasteiger partial charge in [-0.25, -0.2) is 0 Å². The Bertz CT molecular complexity index is 379. The molecule has 0 bridgehead atoms. The fourth-order valence-corrected chi connectivity index (χ4v) is 2.51. The van der Waals surface area contributed by atoms with E-state index in [0.29, 0.717) is 5.25 Å². The smallest absolute Gasteiger partial charge is 0.138 e. The molecule has 16 heavy (non-hydrogen) atoms. The maximum absolute atomic E-state index is 5.30. The first-order chi connectivity index (χ1) is 7.54. The van der Waals surface area contributed by atoms with Crippen molar-refractivity contribution in [3.63, 3.8) is 0 Å². The fourth-order valence-electron chi connectivity index (χ4n) is 1.36. The number of para-hydroxylation sites is 1. The van der Waals surface area contributed by atoms with Crippen LogP contribution < -0.4 is 5.32 Å². The van der Waals surface area contributed by atoms with Crippen LogP contribution in [0.2, 0.25) is 0 Å². The molecule has 1 aromatic rings. The Balaban J connectivity index is 2.73. The van der Waals surface area contributed by atoms with Crippen LogP contribution in [-0.4, -0.2) is 9.57 Å². The normalized spacial score (nSPS) is 11.9. The van der Waals surface area contributed by atoms with Gasteiger partial charge in [0.15, 0.2) is 0 Å². The van der Waals surface area contributed by atoms with E-state index in [-0.39, 0.29) is 0 Å². The van der Waals surface area contributed by atoms with Gasteiger partial charge in [0, 0.05) is 10.9 Å². The average molecular weight is 251 g/mol. The highest BCUT2D eigenvalue weighted by molar-refractivity contribution is 8.23. The summed E-state index contributed by atoms with van der Waals surface area (Å²) in [6, 6.07) is 6.22. The second kappa shape index (κ2) is 6.06. The molecule has 0 heterocycles. The lowest BCUT2D eigenvalue weighted by Crippen LogP contribution is -2.10. The monoisotopic (exact) mass is 251 g/mol. The molecule has 0 aromatic heterocycles. The minimum absolute atomic E-state index is 0.337. The van der Waals surface area contributed by atoms with Gasteiger partial charge in [-0.3, -0.25) is 0 Å². The number of anilines is 1. The van der Waals surface area contributed by atoms with Crippen molar-refractivity contribution in [2.45, 2.75) is 26.0 Å². The molecule has 1 N–H and O–H groups in total. The van der Waals surface area contributed by atoms with E-state index in [1.165, 1.54) is 11.1 Å². The summed E-state index contributed by atoms with van der Waals surface area (Å²) in [5.41, 5.74) is 3.56. The zero-order valence-electron chi connectivity index (χ0n) is 9.91. The number of hydrogen-bond donors (Lipinski definition) is 1. The molecule has 0 saturated heterocycles. The fraction of sp³-hybridized carbons (Fsp3) is 0.308. The molecule has 1 atom stereocenters. The zero-order chi connectivity index (χ0) is 12.1. The average Bonchev–Trinajstić information content (AvgIpc) is 2.23. The topological polar surface area (TPSA) is 12.0 Å². The zero-order valence-corrected chi connectivity index (χ0v) is 11.5. The van der Waals surface area contributed by atoms with Gasteiger partial charge in [0.05, 0.1) is 0 Å². The van der Waals surface area contributed by atoms with E-state index in [0.717, 1.165) is 10.0 Å². The number of rotatable bonds is 3. The summed E-state index contributed by atoms with van der Waals surface area (Å²) in [6.07, 6.45) is 1.89. The summed E-state index contributed by atoms with van der Waals surface area (Å²) in [5, 5.41) is 3.63. The predicted octanol–water partition coefficient (Wildman–Crippen LogP) is 4.31. The molecular weight excluding hydrogens is 234 g/mol. The van der Waals surface area contributed by atoms with E-state index < -0.39 is 0 Å². The Labute approximate surface area is 107 Å². The van der Waals surface area contributed by atoms with Gasteiger partial charge in [-0.15, -0.1) is 6.58 Å². The van der Waals surface area contributed by atoms with E-state index in [1.807, 2.05) is 6.08 Å². The number of thiocarbonyl (C=S) groups is 1. The molecule has 0 aliphatic carbocycles. The van der Waals surface area contributed by atoms with Crippen molar-refractivity contribution in [3.8, 4) is 0 Å². The molecule has 1 unspecified atom stereocenters. The minimum atomic E-state index is 0.337. The molecule has 1 nitrogen and oxygen atoms in total. The Morgan fingerprint density at radius 3 is 2.50 bits per heavy atom. The second-order valence-corrected chi connectivity index (χ2v) is 5.79. The molecule has 0 aliphatic rings. The Morgan fingerprint density at radius 1 is 1.44 bits per heavy atom. The summed E-state index contributed by atoms with van der Waals surface area (Å²) < 4.78 is 0.796. The van der Waals surface area contributed by atoms with Crippen LogP contribution in [0, 0.1) is 13.8 Å². The Kier molecular flexibility index (Phi) is 5.03. The molecule has 86 valence electrons. The first-order valence-electron chi connectivity index (χ1n) is 5.21. The summed E-state index contributed by atoms with van der Waals surface area (Å²) in [5.74, 6) is 0. The molecule has 0 aliphatic heterocycles. The highest BCUT2D eigenvalue weighted by Gasteiger charge is 2.06. The van der Waals surface area contributed by atoms with Gasteiger partial charge in [0.25, 0.3) is 0 Å². The van der Waals surface area contributed by atoms with Crippen molar-refractivity contribution in [1.82, 2.24) is 0 Å². The quantitative estimate of drug-likeness (QED) is 0.635. The van der Waals surface area contributed by atoms with Crippen molar-refractivity contribution >= 4 is 34.0 Å². The number of aryl methyl sites for hydroxylation is 2. The summed E-state index contributed by atoms with van der Waals surface area (Å²) >= 11 is 6.92. The molecule has 0 saturated carbocycles. The van der Waals surface area contributed by atoms with Crippen LogP contribution in [0.1, 0.15) is 18.1 Å². The van der Waals surface area contributed by atoms with Crippen LogP contribution in [0.4, 0.5) is 5.69 Å². The van der Waals surface area contributed by atoms with Crippen molar-refractivity contribution in [2.75, 3.05) is 5.32 Å². The Morgan fingerprint density at radius 2 is 2.00 bits per heavy atom. The number of benzene rings is 1. The van der Waals surface area contributed by atoms with Crippen molar-refractivity contribution < 1.29 is 0 Å². The summed E-state index contributed by atoms with van der Waals surface area (Å²) in [6.45, 7) is 9.99. The number of thioether (sulfide) groups is 1. The SMILES string of the molecule is C=CC(C)SC(=S)Nc1c(C)cccc1C. The second-order valence-electron chi connectivity index (χ2n) is 3.74. The van der Waals surface area contributed by atoms with Crippen molar-refractivity contribution in [3.05, 3.63) is 42.0 Å². The van der Waals surface area contributed by atoms with Crippen LogP contribution in [0.5, 0.6) is 0 Å². The third kappa shape index (κ3) is 3.65. The molecule has 0 spiro atoms. The molecule has 1 rings (SSSR count). The lowest BCUT2D eigenvalue weighted by Gasteiger charge is -2.14. The summed E-state index contributed by atoms with van der Waals surface area (Å²) in [4.78, 5) is 0. The lowest BCUT2D eigenvalue weighted by atomic mass is 10.1. The molecule has 0 radical (unpaired) electrons. The minimum Gasteiger partial charge on any atom is -0.341 e. The standard InChI is InChI=1S/C13H17NS2/c1-5-11(4)16-13(15)14-12-9(2)7-6-8-10(12)3/h5-8,11H,1H2,2-4H3,(H,14,15). The largest absolute Gasteiger partial charge is 0.341 e. The van der Waals surface area contributed by atoms with Gasteiger partial charge in [-0.2, -0.15) is 0 Å². The van der Waals surface area contributed by atoms with Crippen molar-refractivity contribution in [2.24, 2.45) is 0 Å². The van der Waals surface area contributed by atoms with E-state index >= 15 is 0 Å². The first-order valence-corrected chi connectivity index (χ1v) is 6.49. The van der Waals surface area contributed by atoms with Gasteiger partial charge in [0.1, 0.15) is 4.32 Å². The van der Waals surface area contributed by atoms with Gasteiger partial charge in [0.2, 0.25) is 0 Å².